The number of ether oxygens (including phenoxy) is 2. The van der Waals surface area contributed by atoms with Crippen LogP contribution in [0.4, 0.5) is 0 Å². The van der Waals surface area contributed by atoms with Gasteiger partial charge >= 0.3 is 0 Å². The van der Waals surface area contributed by atoms with Crippen molar-refractivity contribution in [1.29, 1.82) is 0 Å². The second kappa shape index (κ2) is 10.6. The average molecular weight is 430 g/mol. The van der Waals surface area contributed by atoms with Gasteiger partial charge in [-0.15, -0.1) is 0 Å². The van der Waals surface area contributed by atoms with Crippen LogP contribution in [-0.2, 0) is 4.79 Å². The molecule has 160 valence electrons. The third-order valence-corrected chi connectivity index (χ3v) is 4.39. The zero-order valence-electron chi connectivity index (χ0n) is 17.7. The predicted molar refractivity (Wildman–Crippen MR) is 120 cm³/mol. The molecule has 2 rings (SSSR count). The maximum atomic E-state index is 12.5. The van der Waals surface area contributed by atoms with E-state index in [-0.39, 0.29) is 11.2 Å². The molecule has 0 fully saturated rings. The molecule has 0 saturated carbocycles. The Bertz CT molecular complexity index is 930. The van der Waals surface area contributed by atoms with E-state index in [9.17, 15) is 9.59 Å². The van der Waals surface area contributed by atoms with Crippen LogP contribution in [0.5, 0.6) is 11.5 Å². The van der Waals surface area contributed by atoms with Crippen molar-refractivity contribution in [2.24, 2.45) is 0 Å². The summed E-state index contributed by atoms with van der Waals surface area (Å²) in [6.45, 7) is 9.34. The molecular weight excluding hydrogens is 402 g/mol. The minimum absolute atomic E-state index is 0.0499. The summed E-state index contributed by atoms with van der Waals surface area (Å²) in [6.07, 6.45) is -0.847. The molecule has 0 aromatic heterocycles. The number of carbonyl (C=O) groups is 2. The number of para-hydroxylation sites is 1. The Morgan fingerprint density at radius 2 is 1.63 bits per heavy atom. The van der Waals surface area contributed by atoms with Gasteiger partial charge < -0.3 is 9.47 Å². The van der Waals surface area contributed by atoms with Crippen LogP contribution in [0.25, 0.3) is 0 Å². The van der Waals surface area contributed by atoms with Crippen molar-refractivity contribution in [3.63, 3.8) is 0 Å². The molecule has 1 atom stereocenters. The molecule has 0 aliphatic rings. The quantitative estimate of drug-likeness (QED) is 0.483. The Morgan fingerprint density at radius 1 is 0.933 bits per heavy atom. The van der Waals surface area contributed by atoms with Gasteiger partial charge in [0.05, 0.1) is 11.7 Å². The number of nitrogens with one attached hydrogen (secondary N) is 3. The number of aryl methyl sites for hydroxylation is 2. The molecule has 8 heteroatoms. The zero-order chi connectivity index (χ0) is 22.3. The molecule has 0 saturated heterocycles. The Hall–Kier alpha value is -3.13. The van der Waals surface area contributed by atoms with Crippen LogP contribution in [0.2, 0.25) is 0 Å². The second-order valence-electron chi connectivity index (χ2n) is 7.07. The lowest BCUT2D eigenvalue weighted by Crippen LogP contribution is -2.51. The van der Waals surface area contributed by atoms with E-state index in [0.717, 1.165) is 11.1 Å². The molecule has 0 heterocycles. The standard InChI is InChI=1S/C22H27N3O4S/c1-13(2)28-19-9-7-6-8-18(19)21(27)23-22(30)25-24-20(26)16(5)29-17-11-10-14(3)15(4)12-17/h6-13,16H,1-5H3,(H,24,26)(H2,23,25,27,30). The van der Waals surface area contributed by atoms with E-state index in [4.69, 9.17) is 21.7 Å². The first-order valence-electron chi connectivity index (χ1n) is 9.58. The maximum Gasteiger partial charge on any atom is 0.279 e. The monoisotopic (exact) mass is 429 g/mol. The number of benzene rings is 2. The lowest BCUT2D eigenvalue weighted by molar-refractivity contribution is -0.127. The SMILES string of the molecule is Cc1ccc(OC(C)C(=O)NNC(=S)NC(=O)c2ccccc2OC(C)C)cc1C. The molecule has 0 aliphatic heterocycles. The highest BCUT2D eigenvalue weighted by Gasteiger charge is 2.17. The van der Waals surface area contributed by atoms with Crippen molar-refractivity contribution >= 4 is 29.1 Å². The molecule has 2 aromatic rings. The number of hydrogen-bond acceptors (Lipinski definition) is 5. The van der Waals surface area contributed by atoms with E-state index in [1.54, 1.807) is 37.3 Å². The summed E-state index contributed by atoms with van der Waals surface area (Å²) in [5.74, 6) is 0.163. The van der Waals surface area contributed by atoms with Gasteiger partial charge in [-0.1, -0.05) is 18.2 Å². The van der Waals surface area contributed by atoms with Gasteiger partial charge in [-0.05, 0) is 82.2 Å². The highest BCUT2D eigenvalue weighted by Crippen LogP contribution is 2.19. The Morgan fingerprint density at radius 3 is 2.30 bits per heavy atom. The summed E-state index contributed by atoms with van der Waals surface area (Å²) in [5.41, 5.74) is 7.50. The summed E-state index contributed by atoms with van der Waals surface area (Å²) in [6, 6.07) is 12.5. The molecule has 0 spiro atoms. The molecule has 3 N–H and O–H groups in total. The Kier molecular flexibility index (Phi) is 8.17. The highest BCUT2D eigenvalue weighted by molar-refractivity contribution is 7.80. The van der Waals surface area contributed by atoms with Gasteiger partial charge in [0.15, 0.2) is 11.2 Å². The summed E-state index contributed by atoms with van der Waals surface area (Å²) < 4.78 is 11.3. The van der Waals surface area contributed by atoms with Gasteiger partial charge in [-0.25, -0.2) is 0 Å². The highest BCUT2D eigenvalue weighted by atomic mass is 32.1. The van der Waals surface area contributed by atoms with E-state index in [1.165, 1.54) is 0 Å². The molecule has 2 aromatic carbocycles. The maximum absolute atomic E-state index is 12.5. The normalized spacial score (nSPS) is 11.4. The lowest BCUT2D eigenvalue weighted by Gasteiger charge is -2.17. The van der Waals surface area contributed by atoms with Crippen molar-refractivity contribution in [2.45, 2.75) is 46.8 Å². The summed E-state index contributed by atoms with van der Waals surface area (Å²) >= 11 is 5.09. The molecule has 30 heavy (non-hydrogen) atoms. The van der Waals surface area contributed by atoms with Crippen LogP contribution in [0, 0.1) is 13.8 Å². The van der Waals surface area contributed by atoms with Gasteiger partial charge in [0.2, 0.25) is 0 Å². The first kappa shape index (κ1) is 23.2. The second-order valence-corrected chi connectivity index (χ2v) is 7.47. The third-order valence-electron chi connectivity index (χ3n) is 4.18. The topological polar surface area (TPSA) is 88.7 Å². The molecule has 0 radical (unpaired) electrons. The molecule has 0 aliphatic carbocycles. The van der Waals surface area contributed by atoms with Crippen LogP contribution in [0.3, 0.4) is 0 Å². The predicted octanol–water partition coefficient (Wildman–Crippen LogP) is 3.19. The fourth-order valence-electron chi connectivity index (χ4n) is 2.48. The number of rotatable bonds is 6. The third kappa shape index (κ3) is 6.73. The largest absolute Gasteiger partial charge is 0.490 e. The van der Waals surface area contributed by atoms with Crippen molar-refractivity contribution in [1.82, 2.24) is 16.2 Å². The van der Waals surface area contributed by atoms with Gasteiger partial charge in [0.1, 0.15) is 11.5 Å². The van der Waals surface area contributed by atoms with Crippen LogP contribution < -0.4 is 25.6 Å². The Balaban J connectivity index is 1.87. The van der Waals surface area contributed by atoms with Crippen molar-refractivity contribution < 1.29 is 19.1 Å². The van der Waals surface area contributed by atoms with Crippen LogP contribution in [-0.4, -0.2) is 29.1 Å². The number of hydrogen-bond donors (Lipinski definition) is 3. The molecular formula is C22H27N3O4S. The van der Waals surface area contributed by atoms with Crippen LogP contribution >= 0.6 is 12.2 Å². The minimum atomic E-state index is -0.765. The molecule has 1 unspecified atom stereocenters. The molecule has 0 bridgehead atoms. The van der Waals surface area contributed by atoms with E-state index in [1.807, 2.05) is 39.8 Å². The summed E-state index contributed by atoms with van der Waals surface area (Å²) in [5, 5.41) is 2.46. The number of amides is 2. The smallest absolute Gasteiger partial charge is 0.279 e. The average Bonchev–Trinajstić information content (AvgIpc) is 2.68. The fourth-order valence-corrected chi connectivity index (χ4v) is 2.62. The summed E-state index contributed by atoms with van der Waals surface area (Å²) in [4.78, 5) is 24.7. The van der Waals surface area contributed by atoms with E-state index < -0.39 is 17.9 Å². The molecule has 2 amide bonds. The van der Waals surface area contributed by atoms with Crippen molar-refractivity contribution in [2.75, 3.05) is 0 Å². The Labute approximate surface area is 182 Å². The number of hydrazine groups is 1. The van der Waals surface area contributed by atoms with Gasteiger partial charge in [-0.2, -0.15) is 0 Å². The first-order valence-corrected chi connectivity index (χ1v) is 9.99. The molecule has 7 nitrogen and oxygen atoms in total. The van der Waals surface area contributed by atoms with E-state index in [2.05, 4.69) is 16.2 Å². The fraction of sp³-hybridized carbons (Fsp3) is 0.318. The first-order chi connectivity index (χ1) is 14.2. The van der Waals surface area contributed by atoms with Crippen LogP contribution in [0.1, 0.15) is 42.3 Å². The van der Waals surface area contributed by atoms with Gasteiger partial charge in [0, 0.05) is 0 Å². The summed E-state index contributed by atoms with van der Waals surface area (Å²) in [7, 11) is 0. The van der Waals surface area contributed by atoms with Crippen molar-refractivity contribution in [3.8, 4) is 11.5 Å². The van der Waals surface area contributed by atoms with Gasteiger partial charge in [-0.3, -0.25) is 25.8 Å². The van der Waals surface area contributed by atoms with E-state index >= 15 is 0 Å². The zero-order valence-corrected chi connectivity index (χ0v) is 18.6. The number of thiocarbonyl (C=S) groups is 1. The minimum Gasteiger partial charge on any atom is -0.490 e. The van der Waals surface area contributed by atoms with Crippen LogP contribution in [0.15, 0.2) is 42.5 Å². The van der Waals surface area contributed by atoms with Crippen molar-refractivity contribution in [3.05, 3.63) is 59.2 Å². The van der Waals surface area contributed by atoms with Gasteiger partial charge in [0.25, 0.3) is 11.8 Å². The number of carbonyl (C=O) groups excluding carboxylic acids is 2. The lowest BCUT2D eigenvalue weighted by atomic mass is 10.1. The van der Waals surface area contributed by atoms with E-state index in [0.29, 0.717) is 17.1 Å².